The molecule has 2 aromatic rings. The molecule has 0 aliphatic rings. The van der Waals surface area contributed by atoms with E-state index < -0.39 is 0 Å². The van der Waals surface area contributed by atoms with E-state index in [1.165, 1.54) is 12.1 Å². The number of aryl methyl sites for hydroxylation is 3. The van der Waals surface area contributed by atoms with Gasteiger partial charge < -0.3 is 5.73 Å². The summed E-state index contributed by atoms with van der Waals surface area (Å²) < 4.78 is 13.1. The Morgan fingerprint density at radius 1 is 1.11 bits per heavy atom. The number of halogens is 1. The number of aromatic nitrogens is 2. The van der Waals surface area contributed by atoms with Crippen LogP contribution in [0, 0.1) is 26.6 Å². The lowest BCUT2D eigenvalue weighted by Crippen LogP contribution is -2.09. The molecule has 100 valence electrons. The zero-order chi connectivity index (χ0) is 14.0. The minimum atomic E-state index is -0.241. The minimum Gasteiger partial charge on any atom is -0.330 e. The van der Waals surface area contributed by atoms with E-state index in [0.717, 1.165) is 34.5 Å². The summed E-state index contributed by atoms with van der Waals surface area (Å²) in [7, 11) is 0. The fraction of sp³-hybridized carbons (Fsp3) is 0.333. The van der Waals surface area contributed by atoms with Gasteiger partial charge in [0.25, 0.3) is 0 Å². The standard InChI is InChI=1S/C15H18FN3/c1-9-8-12(16)4-5-13(9)15-18-10(2)14(6-7-17)11(3)19-15/h4-5,8H,6-7,17H2,1-3H3. The number of hydrogen-bond donors (Lipinski definition) is 1. The van der Waals surface area contributed by atoms with Crippen LogP contribution in [0.5, 0.6) is 0 Å². The van der Waals surface area contributed by atoms with Crippen LogP contribution in [0.15, 0.2) is 18.2 Å². The predicted molar refractivity (Wildman–Crippen MR) is 74.4 cm³/mol. The molecule has 0 amide bonds. The molecule has 0 aliphatic heterocycles. The highest BCUT2D eigenvalue weighted by molar-refractivity contribution is 5.60. The van der Waals surface area contributed by atoms with Crippen LogP contribution in [0.1, 0.15) is 22.5 Å². The molecule has 1 heterocycles. The summed E-state index contributed by atoms with van der Waals surface area (Å²) in [5.41, 5.74) is 10.3. The van der Waals surface area contributed by atoms with E-state index in [-0.39, 0.29) is 5.82 Å². The first-order valence-electron chi connectivity index (χ1n) is 6.33. The average molecular weight is 259 g/mol. The summed E-state index contributed by atoms with van der Waals surface area (Å²) in [5, 5.41) is 0. The monoisotopic (exact) mass is 259 g/mol. The van der Waals surface area contributed by atoms with Crippen LogP contribution in [0.3, 0.4) is 0 Å². The summed E-state index contributed by atoms with van der Waals surface area (Å²) >= 11 is 0. The Hall–Kier alpha value is -1.81. The Morgan fingerprint density at radius 2 is 1.74 bits per heavy atom. The molecule has 2 rings (SSSR count). The van der Waals surface area contributed by atoms with E-state index in [1.807, 2.05) is 20.8 Å². The molecule has 0 atom stereocenters. The topological polar surface area (TPSA) is 51.8 Å². The van der Waals surface area contributed by atoms with Crippen molar-refractivity contribution in [2.24, 2.45) is 5.73 Å². The van der Waals surface area contributed by atoms with E-state index in [2.05, 4.69) is 9.97 Å². The highest BCUT2D eigenvalue weighted by Crippen LogP contribution is 2.23. The molecule has 4 heteroatoms. The lowest BCUT2D eigenvalue weighted by atomic mass is 10.1. The Labute approximate surface area is 112 Å². The largest absolute Gasteiger partial charge is 0.330 e. The van der Waals surface area contributed by atoms with Gasteiger partial charge >= 0.3 is 0 Å². The van der Waals surface area contributed by atoms with Gasteiger partial charge in [0.15, 0.2) is 5.82 Å². The molecule has 0 saturated carbocycles. The second-order valence-electron chi connectivity index (χ2n) is 4.69. The maximum atomic E-state index is 13.1. The third kappa shape index (κ3) is 2.79. The van der Waals surface area contributed by atoms with Crippen LogP contribution in [-0.2, 0) is 6.42 Å². The Morgan fingerprint density at radius 3 is 2.26 bits per heavy atom. The smallest absolute Gasteiger partial charge is 0.159 e. The molecule has 0 bridgehead atoms. The molecular formula is C15H18FN3. The first kappa shape index (κ1) is 13.6. The van der Waals surface area contributed by atoms with Gasteiger partial charge in [0.05, 0.1) is 0 Å². The number of nitrogens with two attached hydrogens (primary N) is 1. The second-order valence-corrected chi connectivity index (χ2v) is 4.69. The molecule has 0 saturated heterocycles. The molecule has 0 radical (unpaired) electrons. The highest BCUT2D eigenvalue weighted by Gasteiger charge is 2.11. The summed E-state index contributed by atoms with van der Waals surface area (Å²) in [5.74, 6) is 0.405. The molecule has 2 N–H and O–H groups in total. The van der Waals surface area contributed by atoms with E-state index in [1.54, 1.807) is 6.07 Å². The third-order valence-corrected chi connectivity index (χ3v) is 3.24. The Kier molecular flexibility index (Phi) is 3.90. The summed E-state index contributed by atoms with van der Waals surface area (Å²) in [6, 6.07) is 4.66. The van der Waals surface area contributed by atoms with Crippen LogP contribution in [0.4, 0.5) is 4.39 Å². The summed E-state index contributed by atoms with van der Waals surface area (Å²) in [6.45, 7) is 6.37. The van der Waals surface area contributed by atoms with Crippen molar-refractivity contribution in [2.75, 3.05) is 6.54 Å². The predicted octanol–water partition coefficient (Wildman–Crippen LogP) is 2.71. The lowest BCUT2D eigenvalue weighted by Gasteiger charge is -2.11. The van der Waals surface area contributed by atoms with Gasteiger partial charge in [-0.05, 0) is 63.1 Å². The quantitative estimate of drug-likeness (QED) is 0.922. The molecule has 3 nitrogen and oxygen atoms in total. The minimum absolute atomic E-state index is 0.241. The zero-order valence-electron chi connectivity index (χ0n) is 11.5. The van der Waals surface area contributed by atoms with Gasteiger partial charge in [0.1, 0.15) is 5.82 Å². The van der Waals surface area contributed by atoms with Crippen molar-refractivity contribution in [2.45, 2.75) is 27.2 Å². The maximum absolute atomic E-state index is 13.1. The summed E-state index contributed by atoms with van der Waals surface area (Å²) in [4.78, 5) is 9.05. The van der Waals surface area contributed by atoms with Crippen molar-refractivity contribution in [3.8, 4) is 11.4 Å². The number of nitrogens with zero attached hydrogens (tertiary/aromatic N) is 2. The van der Waals surface area contributed by atoms with Crippen molar-refractivity contribution >= 4 is 0 Å². The first-order chi connectivity index (χ1) is 9.02. The van der Waals surface area contributed by atoms with Crippen molar-refractivity contribution in [3.05, 3.63) is 46.5 Å². The van der Waals surface area contributed by atoms with Crippen molar-refractivity contribution < 1.29 is 4.39 Å². The van der Waals surface area contributed by atoms with Crippen LogP contribution in [-0.4, -0.2) is 16.5 Å². The normalized spacial score (nSPS) is 10.8. The van der Waals surface area contributed by atoms with Gasteiger partial charge in [-0.25, -0.2) is 14.4 Å². The van der Waals surface area contributed by atoms with Gasteiger partial charge in [0, 0.05) is 17.0 Å². The first-order valence-corrected chi connectivity index (χ1v) is 6.33. The van der Waals surface area contributed by atoms with Crippen molar-refractivity contribution in [1.82, 2.24) is 9.97 Å². The number of hydrogen-bond acceptors (Lipinski definition) is 3. The van der Waals surface area contributed by atoms with Gasteiger partial charge in [-0.1, -0.05) is 0 Å². The molecular weight excluding hydrogens is 241 g/mol. The molecule has 0 fully saturated rings. The zero-order valence-corrected chi connectivity index (χ0v) is 11.5. The van der Waals surface area contributed by atoms with E-state index in [4.69, 9.17) is 5.73 Å². The molecule has 1 aromatic heterocycles. The molecule has 0 unspecified atom stereocenters. The van der Waals surface area contributed by atoms with E-state index >= 15 is 0 Å². The third-order valence-electron chi connectivity index (χ3n) is 3.24. The second kappa shape index (κ2) is 5.45. The van der Waals surface area contributed by atoms with Gasteiger partial charge in [-0.2, -0.15) is 0 Å². The van der Waals surface area contributed by atoms with Crippen molar-refractivity contribution in [3.63, 3.8) is 0 Å². The molecule has 0 aliphatic carbocycles. The van der Waals surface area contributed by atoms with Gasteiger partial charge in [-0.15, -0.1) is 0 Å². The van der Waals surface area contributed by atoms with Crippen LogP contribution < -0.4 is 5.73 Å². The molecule has 0 spiro atoms. The van der Waals surface area contributed by atoms with Crippen LogP contribution in [0.2, 0.25) is 0 Å². The number of benzene rings is 1. The van der Waals surface area contributed by atoms with Crippen LogP contribution >= 0.6 is 0 Å². The SMILES string of the molecule is Cc1cc(F)ccc1-c1nc(C)c(CCN)c(C)n1. The summed E-state index contributed by atoms with van der Waals surface area (Å²) in [6.07, 6.45) is 0.778. The highest BCUT2D eigenvalue weighted by atomic mass is 19.1. The molecule has 19 heavy (non-hydrogen) atoms. The average Bonchev–Trinajstić information content (AvgIpc) is 2.33. The van der Waals surface area contributed by atoms with Crippen molar-refractivity contribution in [1.29, 1.82) is 0 Å². The fourth-order valence-corrected chi connectivity index (χ4v) is 2.24. The van der Waals surface area contributed by atoms with Gasteiger partial charge in [0.2, 0.25) is 0 Å². The fourth-order valence-electron chi connectivity index (χ4n) is 2.24. The Bertz CT molecular complexity index is 585. The van der Waals surface area contributed by atoms with Crippen LogP contribution in [0.25, 0.3) is 11.4 Å². The van der Waals surface area contributed by atoms with Gasteiger partial charge in [-0.3, -0.25) is 0 Å². The maximum Gasteiger partial charge on any atom is 0.159 e. The number of rotatable bonds is 3. The van der Waals surface area contributed by atoms with E-state index in [0.29, 0.717) is 12.4 Å². The molecule has 1 aromatic carbocycles. The lowest BCUT2D eigenvalue weighted by molar-refractivity contribution is 0.627. The van der Waals surface area contributed by atoms with E-state index in [9.17, 15) is 4.39 Å². The Balaban J connectivity index is 2.52.